The second kappa shape index (κ2) is 14.5. The van der Waals surface area contributed by atoms with Crippen LogP contribution >= 0.6 is 0 Å². The summed E-state index contributed by atoms with van der Waals surface area (Å²) in [5.41, 5.74) is -0.269. The number of para-hydroxylation sites is 1. The largest absolute Gasteiger partial charge is 0.358 e. The summed E-state index contributed by atoms with van der Waals surface area (Å²) >= 11 is 0. The minimum Gasteiger partial charge on any atom is -0.358 e. The fourth-order valence-electron chi connectivity index (χ4n) is 7.12. The van der Waals surface area contributed by atoms with E-state index in [1.165, 1.54) is 32.1 Å². The Morgan fingerprint density at radius 3 is 2.38 bits per heavy atom. The number of carbonyl (C=O) groups is 1. The summed E-state index contributed by atoms with van der Waals surface area (Å²) in [7, 11) is 2.14. The molecule has 0 bridgehead atoms. The lowest BCUT2D eigenvalue weighted by atomic mass is 9.82. The van der Waals surface area contributed by atoms with Crippen LogP contribution in [0.2, 0.25) is 0 Å². The fraction of sp³-hybridized carbons (Fsp3) is 0.697. The first-order valence-corrected chi connectivity index (χ1v) is 16.4. The molecule has 2 saturated carbocycles. The second-order valence-corrected chi connectivity index (χ2v) is 12.9. The Hall–Kier alpha value is -2.96. The number of hydrogen-bond donors (Lipinski definition) is 2. The van der Waals surface area contributed by atoms with Crippen molar-refractivity contribution in [1.29, 1.82) is 5.26 Å². The van der Waals surface area contributed by atoms with E-state index < -0.39 is 11.6 Å². The van der Waals surface area contributed by atoms with Gasteiger partial charge < -0.3 is 15.5 Å². The summed E-state index contributed by atoms with van der Waals surface area (Å²) in [5.74, 6) is 0.742. The minimum absolute atomic E-state index is 0.148. The molecular weight excluding hydrogens is 526 g/mol. The van der Waals surface area contributed by atoms with E-state index in [1.54, 1.807) is 4.57 Å². The quantitative estimate of drug-likeness (QED) is 0.453. The van der Waals surface area contributed by atoms with E-state index in [2.05, 4.69) is 38.5 Å². The Bertz CT molecular complexity index is 1280. The Balaban J connectivity index is 1.39. The van der Waals surface area contributed by atoms with Crippen LogP contribution in [-0.4, -0.2) is 76.6 Å². The molecule has 0 radical (unpaired) electrons. The molecule has 1 amide bonds. The summed E-state index contributed by atoms with van der Waals surface area (Å²) < 4.78 is 1.77. The average molecular weight is 576 g/mol. The summed E-state index contributed by atoms with van der Waals surface area (Å²) in [5, 5.41) is 17.5. The summed E-state index contributed by atoms with van der Waals surface area (Å²) in [6.07, 6.45) is 13.4. The molecule has 1 aliphatic heterocycles. The number of hydrogen-bond acceptors (Lipinski definition) is 7. The van der Waals surface area contributed by atoms with Gasteiger partial charge in [-0.25, -0.2) is 4.79 Å². The van der Waals surface area contributed by atoms with Crippen LogP contribution < -0.4 is 16.3 Å². The van der Waals surface area contributed by atoms with E-state index in [0.29, 0.717) is 37.5 Å². The van der Waals surface area contributed by atoms with Crippen LogP contribution in [-0.2, 0) is 11.3 Å². The molecule has 9 nitrogen and oxygen atoms in total. The number of amides is 1. The Morgan fingerprint density at radius 1 is 1.00 bits per heavy atom. The van der Waals surface area contributed by atoms with Gasteiger partial charge in [0.2, 0.25) is 5.91 Å². The predicted octanol–water partition coefficient (Wildman–Crippen LogP) is 4.52. The second-order valence-electron chi connectivity index (χ2n) is 12.9. The van der Waals surface area contributed by atoms with Crippen LogP contribution in [0, 0.1) is 17.2 Å². The molecule has 2 N–H and O–H groups in total. The SMILES string of the molecule is CN1CCN(CCn2c(=O)nc(N[C@@H](CC3CCCCCCC3)C(=O)NC3(C#N)CCCCC3)c3ccccc32)CC1. The van der Waals surface area contributed by atoms with E-state index in [1.807, 2.05) is 24.3 Å². The maximum absolute atomic E-state index is 14.0. The molecular formula is C33H49N7O2. The van der Waals surface area contributed by atoms with Crippen LogP contribution in [0.3, 0.4) is 0 Å². The first kappa shape index (κ1) is 30.5. The minimum atomic E-state index is -0.807. The van der Waals surface area contributed by atoms with Crippen molar-refractivity contribution in [3.63, 3.8) is 0 Å². The number of rotatable bonds is 9. The van der Waals surface area contributed by atoms with Gasteiger partial charge in [0.25, 0.3) is 0 Å². The number of fused-ring (bicyclic) bond motifs is 1. The smallest absolute Gasteiger partial charge is 0.350 e. The lowest BCUT2D eigenvalue weighted by molar-refractivity contribution is -0.124. The fourth-order valence-corrected chi connectivity index (χ4v) is 7.12. The number of carbonyl (C=O) groups excluding carboxylic acids is 1. The molecule has 228 valence electrons. The zero-order valence-corrected chi connectivity index (χ0v) is 25.5. The highest BCUT2D eigenvalue weighted by molar-refractivity contribution is 5.92. The van der Waals surface area contributed by atoms with E-state index in [0.717, 1.165) is 75.7 Å². The highest BCUT2D eigenvalue weighted by atomic mass is 16.2. The van der Waals surface area contributed by atoms with Gasteiger partial charge >= 0.3 is 5.69 Å². The van der Waals surface area contributed by atoms with Crippen LogP contribution in [0.1, 0.15) is 83.5 Å². The Kier molecular flexibility index (Phi) is 10.5. The van der Waals surface area contributed by atoms with Crippen molar-refractivity contribution in [2.45, 2.75) is 102 Å². The van der Waals surface area contributed by atoms with Gasteiger partial charge in [-0.05, 0) is 44.4 Å². The molecule has 5 rings (SSSR count). The third-order valence-corrected chi connectivity index (χ3v) is 9.83. The van der Waals surface area contributed by atoms with Gasteiger partial charge in [-0.3, -0.25) is 14.3 Å². The van der Waals surface area contributed by atoms with Gasteiger partial charge in [0, 0.05) is 44.7 Å². The number of piperazine rings is 1. The molecule has 3 fully saturated rings. The number of aromatic nitrogens is 2. The number of anilines is 1. The standard InChI is InChI=1S/C33H49N7O2/c1-38-18-20-39(21-19-38)22-23-40-29-15-9-8-14-27(29)30(36-32(40)42)35-28(24-26-12-6-3-2-4-7-13-26)31(41)37-33(25-34)16-10-5-11-17-33/h8-9,14-15,26,28H,2-7,10-13,16-24H2,1H3,(H,37,41)(H,35,36,42)/t28-/m0/s1. The maximum Gasteiger partial charge on any atom is 0.350 e. The zero-order chi connectivity index (χ0) is 29.4. The molecule has 9 heteroatoms. The lowest BCUT2D eigenvalue weighted by Gasteiger charge is -2.34. The topological polar surface area (TPSA) is 106 Å². The third-order valence-electron chi connectivity index (χ3n) is 9.83. The van der Waals surface area contributed by atoms with Gasteiger partial charge in [-0.15, -0.1) is 0 Å². The van der Waals surface area contributed by atoms with Crippen LogP contribution in [0.5, 0.6) is 0 Å². The molecule has 2 heterocycles. The molecule has 2 aliphatic carbocycles. The van der Waals surface area contributed by atoms with E-state index >= 15 is 0 Å². The van der Waals surface area contributed by atoms with Crippen molar-refractivity contribution >= 4 is 22.6 Å². The molecule has 1 aromatic carbocycles. The highest BCUT2D eigenvalue weighted by Crippen LogP contribution is 2.31. The number of nitrogens with one attached hydrogen (secondary N) is 2. The van der Waals surface area contributed by atoms with Crippen molar-refractivity contribution in [3.8, 4) is 6.07 Å². The van der Waals surface area contributed by atoms with E-state index in [-0.39, 0.29) is 11.6 Å². The van der Waals surface area contributed by atoms with Crippen molar-refractivity contribution in [2.75, 3.05) is 45.1 Å². The zero-order valence-electron chi connectivity index (χ0n) is 25.5. The van der Waals surface area contributed by atoms with E-state index in [4.69, 9.17) is 0 Å². The van der Waals surface area contributed by atoms with Crippen molar-refractivity contribution in [3.05, 3.63) is 34.7 Å². The van der Waals surface area contributed by atoms with Crippen LogP contribution in [0.4, 0.5) is 5.82 Å². The number of benzene rings is 1. The van der Waals surface area contributed by atoms with Crippen molar-refractivity contribution in [2.24, 2.45) is 5.92 Å². The predicted molar refractivity (Wildman–Crippen MR) is 167 cm³/mol. The van der Waals surface area contributed by atoms with Gasteiger partial charge in [0.05, 0.1) is 11.6 Å². The number of nitrogens with zero attached hydrogens (tertiary/aromatic N) is 5. The van der Waals surface area contributed by atoms with Crippen molar-refractivity contribution < 1.29 is 4.79 Å². The van der Waals surface area contributed by atoms with Gasteiger partial charge in [-0.2, -0.15) is 10.2 Å². The molecule has 0 spiro atoms. The lowest BCUT2D eigenvalue weighted by Crippen LogP contribution is -2.54. The van der Waals surface area contributed by atoms with Gasteiger partial charge in [-0.1, -0.05) is 76.3 Å². The third kappa shape index (κ3) is 7.70. The first-order chi connectivity index (χ1) is 20.5. The van der Waals surface area contributed by atoms with E-state index in [9.17, 15) is 14.9 Å². The molecule has 3 aliphatic rings. The summed E-state index contributed by atoms with van der Waals surface area (Å²) in [4.78, 5) is 36.7. The van der Waals surface area contributed by atoms with Crippen molar-refractivity contribution in [1.82, 2.24) is 24.7 Å². The first-order valence-electron chi connectivity index (χ1n) is 16.4. The Labute approximate surface area is 250 Å². The van der Waals surface area contributed by atoms with Gasteiger partial charge in [0.15, 0.2) is 0 Å². The molecule has 0 unspecified atom stereocenters. The summed E-state index contributed by atoms with van der Waals surface area (Å²) in [6, 6.07) is 9.76. The Morgan fingerprint density at radius 2 is 1.67 bits per heavy atom. The molecule has 1 aromatic heterocycles. The highest BCUT2D eigenvalue weighted by Gasteiger charge is 2.36. The van der Waals surface area contributed by atoms with Gasteiger partial charge in [0.1, 0.15) is 17.4 Å². The number of nitriles is 1. The maximum atomic E-state index is 14.0. The van der Waals surface area contributed by atoms with Crippen LogP contribution in [0.25, 0.3) is 10.9 Å². The molecule has 1 atom stereocenters. The van der Waals surface area contributed by atoms with Crippen LogP contribution in [0.15, 0.2) is 29.1 Å². The molecule has 2 aromatic rings. The monoisotopic (exact) mass is 575 g/mol. The summed E-state index contributed by atoms with van der Waals surface area (Å²) in [6.45, 7) is 5.45. The average Bonchev–Trinajstić information content (AvgIpc) is 2.99. The number of likely N-dealkylation sites (N-methyl/N-ethyl adjacent to an activating group) is 1. The molecule has 42 heavy (non-hydrogen) atoms. The normalized spacial score (nSPS) is 21.6. The molecule has 1 saturated heterocycles.